The quantitative estimate of drug-likeness (QED) is 0.264. The molecule has 16 heteroatoms. The van der Waals surface area contributed by atoms with Crippen molar-refractivity contribution in [3.8, 4) is 17.2 Å². The second-order valence-corrected chi connectivity index (χ2v) is 20.3. The van der Waals surface area contributed by atoms with Crippen LogP contribution in [0.25, 0.3) is 0 Å². The van der Waals surface area contributed by atoms with E-state index in [0.29, 0.717) is 88.7 Å². The Morgan fingerprint density at radius 3 is 2.37 bits per heavy atom. The van der Waals surface area contributed by atoms with Gasteiger partial charge in [0.05, 0.1) is 34.5 Å². The molecule has 276 valence electrons. The highest BCUT2D eigenvalue weighted by atomic mass is 79.9. The first-order valence-electron chi connectivity index (χ1n) is 17.5. The maximum Gasteiger partial charge on any atom is 0.229 e. The largest absolute Gasteiger partial charge is 0.494 e. The number of fused-ring (bicyclic) bond motifs is 2. The number of piperidine rings is 1. The minimum absolute atomic E-state index is 0.375. The number of benzene rings is 2. The maximum atomic E-state index is 13.4. The molecule has 0 spiro atoms. The van der Waals surface area contributed by atoms with Gasteiger partial charge in [-0.05, 0) is 84.1 Å². The molecule has 0 bridgehead atoms. The molecule has 4 aliphatic heterocycles. The smallest absolute Gasteiger partial charge is 0.229 e. The van der Waals surface area contributed by atoms with Gasteiger partial charge in [0.2, 0.25) is 16.0 Å². The van der Waals surface area contributed by atoms with Gasteiger partial charge in [-0.2, -0.15) is 4.98 Å². The topological polar surface area (TPSA) is 138 Å². The van der Waals surface area contributed by atoms with Gasteiger partial charge >= 0.3 is 0 Å². The molecule has 1 unspecified atom stereocenters. The molecular formula is C35H47BrN7O6PS. The summed E-state index contributed by atoms with van der Waals surface area (Å²) in [6.45, 7) is 11.6. The first kappa shape index (κ1) is 36.3. The van der Waals surface area contributed by atoms with Crippen molar-refractivity contribution >= 4 is 67.2 Å². The highest BCUT2D eigenvalue weighted by molar-refractivity contribution is 9.10. The van der Waals surface area contributed by atoms with Gasteiger partial charge in [0.15, 0.2) is 11.5 Å². The van der Waals surface area contributed by atoms with Crippen LogP contribution in [0, 0.1) is 11.8 Å². The van der Waals surface area contributed by atoms with E-state index in [1.54, 1.807) is 30.9 Å². The Morgan fingerprint density at radius 1 is 1.02 bits per heavy atom. The predicted molar refractivity (Wildman–Crippen MR) is 205 cm³/mol. The van der Waals surface area contributed by atoms with Gasteiger partial charge in [0.1, 0.15) is 31.9 Å². The Kier molecular flexibility index (Phi) is 10.2. The summed E-state index contributed by atoms with van der Waals surface area (Å²) in [5.74, 6) is 3.54. The number of likely N-dealkylation sites (tertiary alicyclic amines) is 1. The third-order valence-electron chi connectivity index (χ3n) is 10.5. The second-order valence-electron chi connectivity index (χ2n) is 14.3. The van der Waals surface area contributed by atoms with Crippen molar-refractivity contribution in [2.45, 2.75) is 32.2 Å². The van der Waals surface area contributed by atoms with Crippen LogP contribution in [0.4, 0.5) is 28.8 Å². The van der Waals surface area contributed by atoms with Crippen LogP contribution in [0.15, 0.2) is 34.9 Å². The van der Waals surface area contributed by atoms with Crippen molar-refractivity contribution in [1.29, 1.82) is 0 Å². The molecule has 0 amide bonds. The monoisotopic (exact) mass is 803 g/mol. The van der Waals surface area contributed by atoms with E-state index in [2.05, 4.69) is 60.4 Å². The molecule has 4 aliphatic rings. The number of sulfonamides is 1. The molecule has 3 saturated heterocycles. The first-order valence-corrected chi connectivity index (χ1v) is 22.8. The van der Waals surface area contributed by atoms with Gasteiger partial charge in [-0.1, -0.05) is 6.92 Å². The Labute approximate surface area is 309 Å². The number of methoxy groups -OCH3 is 1. The lowest BCUT2D eigenvalue weighted by atomic mass is 10.00. The number of aromatic nitrogens is 2. The fourth-order valence-corrected chi connectivity index (χ4v) is 10.6. The van der Waals surface area contributed by atoms with Gasteiger partial charge < -0.3 is 34.3 Å². The summed E-state index contributed by atoms with van der Waals surface area (Å²) in [5, 5.41) is 7.32. The van der Waals surface area contributed by atoms with E-state index in [9.17, 15) is 13.0 Å². The van der Waals surface area contributed by atoms with Crippen molar-refractivity contribution in [3.63, 3.8) is 0 Å². The molecule has 0 radical (unpaired) electrons. The summed E-state index contributed by atoms with van der Waals surface area (Å²) in [5.41, 5.74) is 3.77. The molecule has 1 aromatic heterocycles. The normalized spacial score (nSPS) is 21.5. The Hall–Kier alpha value is -3.10. The number of rotatable bonds is 10. The minimum Gasteiger partial charge on any atom is -0.494 e. The fraction of sp³-hybridized carbons (Fsp3) is 0.543. The molecule has 0 aliphatic carbocycles. The first-order chi connectivity index (χ1) is 24.3. The number of ether oxygens (including phenoxy) is 3. The zero-order chi connectivity index (χ0) is 36.1. The number of hydrogen-bond acceptors (Lipinski definition) is 12. The molecule has 3 aromatic rings. The summed E-state index contributed by atoms with van der Waals surface area (Å²) in [6, 6.07) is 8.41. The van der Waals surface area contributed by atoms with Crippen molar-refractivity contribution in [3.05, 3.63) is 40.5 Å². The SMILES string of the molecule is CCc1cc(Nc2ncc(Br)c(Nc3ccc4c(c3P(C)(C)=O)OCCO4)n2)c(OC)cc1N1CCC(N2CC3CN(S(C)(=O)=O)C[C@@H]3C2)CC1. The van der Waals surface area contributed by atoms with Crippen LogP contribution >= 0.6 is 23.1 Å². The highest BCUT2D eigenvalue weighted by Gasteiger charge is 2.44. The van der Waals surface area contributed by atoms with E-state index < -0.39 is 17.2 Å². The van der Waals surface area contributed by atoms with E-state index in [-0.39, 0.29) is 0 Å². The van der Waals surface area contributed by atoms with Gasteiger partial charge in [-0.15, -0.1) is 0 Å². The van der Waals surface area contributed by atoms with Crippen molar-refractivity contribution in [1.82, 2.24) is 19.2 Å². The zero-order valence-corrected chi connectivity index (χ0v) is 33.1. The fourth-order valence-electron chi connectivity index (χ4n) is 7.98. The van der Waals surface area contributed by atoms with Crippen LogP contribution in [0.5, 0.6) is 17.2 Å². The van der Waals surface area contributed by atoms with E-state index >= 15 is 0 Å². The number of anilines is 5. The number of aryl methyl sites for hydroxylation is 1. The molecule has 13 nitrogen and oxygen atoms in total. The Morgan fingerprint density at radius 2 is 1.73 bits per heavy atom. The molecule has 2 atom stereocenters. The number of hydrogen-bond donors (Lipinski definition) is 2. The van der Waals surface area contributed by atoms with Crippen LogP contribution in [0.2, 0.25) is 0 Å². The summed E-state index contributed by atoms with van der Waals surface area (Å²) >= 11 is 3.58. The lowest BCUT2D eigenvalue weighted by Gasteiger charge is -2.39. The molecule has 7 rings (SSSR count). The van der Waals surface area contributed by atoms with Crippen LogP contribution < -0.4 is 35.0 Å². The lowest BCUT2D eigenvalue weighted by Crippen LogP contribution is -2.45. The Balaban J connectivity index is 1.05. The molecule has 2 N–H and O–H groups in total. The number of nitrogens with one attached hydrogen (secondary N) is 2. The third kappa shape index (κ3) is 7.55. The standard InChI is InChI=1S/C35H47BrN7O6PS/c1-6-22-15-28(39-35-37-17-26(36)34(40-35)38-27-7-8-30-32(49-14-13-48-30)33(27)50(3,4)44)31(47-2)16-29(22)41-11-9-25(10-12-41)42-18-23-20-43(51(5,45)46)21-24(23)19-42/h7-8,15-17,23-25H,6,9-14,18-21H2,1-5H3,(H2,37,38,39,40)/t23-,24?/m0/s1. The molecule has 0 saturated carbocycles. The average Bonchev–Trinajstić information content (AvgIpc) is 3.70. The molecule has 51 heavy (non-hydrogen) atoms. The summed E-state index contributed by atoms with van der Waals surface area (Å²) in [7, 11) is -4.22. The molecular weight excluding hydrogens is 757 g/mol. The second kappa shape index (κ2) is 14.4. The summed E-state index contributed by atoms with van der Waals surface area (Å²) < 4.78 is 57.4. The van der Waals surface area contributed by atoms with Crippen molar-refractivity contribution in [2.75, 3.05) is 94.7 Å². The van der Waals surface area contributed by atoms with Crippen LogP contribution in [0.3, 0.4) is 0 Å². The number of halogens is 1. The van der Waals surface area contributed by atoms with E-state index in [4.69, 9.17) is 19.2 Å². The Bertz CT molecular complexity index is 1940. The summed E-state index contributed by atoms with van der Waals surface area (Å²) in [6.07, 6.45) is 5.98. The number of nitrogens with zero attached hydrogens (tertiary/aromatic N) is 5. The molecule has 2 aromatic carbocycles. The van der Waals surface area contributed by atoms with Crippen LogP contribution in [-0.2, 0) is 21.0 Å². The van der Waals surface area contributed by atoms with E-state index in [1.807, 2.05) is 12.1 Å². The van der Waals surface area contributed by atoms with E-state index in [1.165, 1.54) is 17.5 Å². The van der Waals surface area contributed by atoms with Crippen LogP contribution in [0.1, 0.15) is 25.3 Å². The molecule has 5 heterocycles. The minimum atomic E-state index is -3.12. The zero-order valence-electron chi connectivity index (χ0n) is 29.8. The van der Waals surface area contributed by atoms with Gasteiger partial charge in [-0.25, -0.2) is 17.7 Å². The van der Waals surface area contributed by atoms with Crippen LogP contribution in [-0.4, -0.2) is 113 Å². The van der Waals surface area contributed by atoms with Gasteiger partial charge in [0.25, 0.3) is 0 Å². The van der Waals surface area contributed by atoms with Crippen molar-refractivity contribution in [2.24, 2.45) is 11.8 Å². The lowest BCUT2D eigenvalue weighted by molar-refractivity contribution is 0.173. The maximum absolute atomic E-state index is 13.4. The van der Waals surface area contributed by atoms with Crippen molar-refractivity contribution < 1.29 is 27.2 Å². The third-order valence-corrected chi connectivity index (χ3v) is 13.9. The molecule has 3 fully saturated rings. The predicted octanol–water partition coefficient (Wildman–Crippen LogP) is 5.11. The van der Waals surface area contributed by atoms with Gasteiger partial charge in [0, 0.05) is 63.3 Å². The van der Waals surface area contributed by atoms with Gasteiger partial charge in [-0.3, -0.25) is 4.90 Å². The summed E-state index contributed by atoms with van der Waals surface area (Å²) in [4.78, 5) is 14.4. The van der Waals surface area contributed by atoms with E-state index in [0.717, 1.165) is 51.1 Å². The highest BCUT2D eigenvalue weighted by Crippen LogP contribution is 2.47. The average molecular weight is 805 g/mol.